The number of ether oxygens (including phenoxy) is 1. The zero-order valence-corrected chi connectivity index (χ0v) is 12.6. The van der Waals surface area contributed by atoms with Crippen molar-refractivity contribution in [2.45, 2.75) is 12.5 Å². The van der Waals surface area contributed by atoms with E-state index in [1.807, 2.05) is 12.1 Å². The molecule has 0 aliphatic carbocycles. The number of benzene rings is 2. The fraction of sp³-hybridized carbons (Fsp3) is 0.263. The van der Waals surface area contributed by atoms with Crippen molar-refractivity contribution in [2.75, 3.05) is 20.7 Å². The van der Waals surface area contributed by atoms with Crippen LogP contribution in [0.5, 0.6) is 5.75 Å². The molecule has 1 heterocycles. The van der Waals surface area contributed by atoms with Crippen molar-refractivity contribution < 1.29 is 4.74 Å². The summed E-state index contributed by atoms with van der Waals surface area (Å²) in [6, 6.07) is 17.3. The van der Waals surface area contributed by atoms with E-state index in [1.54, 1.807) is 7.11 Å². The minimum atomic E-state index is 0.358. The average molecular weight is 279 g/mol. The minimum absolute atomic E-state index is 0.358. The number of nitrogens with zero attached hydrogens (tertiary/aromatic N) is 1. The Bertz CT molecular complexity index is 630. The Labute approximate surface area is 126 Å². The van der Waals surface area contributed by atoms with Gasteiger partial charge in [-0.25, -0.2) is 0 Å². The van der Waals surface area contributed by atoms with E-state index in [-0.39, 0.29) is 0 Å². The highest BCUT2D eigenvalue weighted by atomic mass is 16.5. The van der Waals surface area contributed by atoms with Gasteiger partial charge in [0.25, 0.3) is 0 Å². The Morgan fingerprint density at radius 1 is 1.10 bits per heavy atom. The summed E-state index contributed by atoms with van der Waals surface area (Å²) >= 11 is 0. The SMILES string of the molecule is COc1ccc(/C=C/C2c3ccccc3CCN2C)cc1. The van der Waals surface area contributed by atoms with E-state index < -0.39 is 0 Å². The van der Waals surface area contributed by atoms with Crippen LogP contribution in [0, 0.1) is 0 Å². The zero-order valence-electron chi connectivity index (χ0n) is 12.6. The second-order valence-electron chi connectivity index (χ2n) is 5.51. The fourth-order valence-corrected chi connectivity index (χ4v) is 2.89. The van der Waals surface area contributed by atoms with Gasteiger partial charge in [-0.1, -0.05) is 48.6 Å². The molecule has 2 aromatic rings. The quantitative estimate of drug-likeness (QED) is 0.844. The van der Waals surface area contributed by atoms with Gasteiger partial charge in [-0.2, -0.15) is 0 Å². The molecule has 0 bridgehead atoms. The van der Waals surface area contributed by atoms with E-state index in [4.69, 9.17) is 4.74 Å². The third-order valence-corrected chi connectivity index (χ3v) is 4.17. The van der Waals surface area contributed by atoms with Crippen molar-refractivity contribution in [3.05, 3.63) is 71.3 Å². The monoisotopic (exact) mass is 279 g/mol. The fourth-order valence-electron chi connectivity index (χ4n) is 2.89. The Morgan fingerprint density at radius 2 is 1.86 bits per heavy atom. The molecule has 0 fully saturated rings. The van der Waals surface area contributed by atoms with Gasteiger partial charge in [0.1, 0.15) is 5.75 Å². The van der Waals surface area contributed by atoms with Gasteiger partial charge in [-0.05, 0) is 42.3 Å². The number of likely N-dealkylation sites (N-methyl/N-ethyl adjacent to an activating group) is 1. The summed E-state index contributed by atoms with van der Waals surface area (Å²) in [5, 5.41) is 0. The van der Waals surface area contributed by atoms with Gasteiger partial charge >= 0.3 is 0 Å². The Morgan fingerprint density at radius 3 is 2.62 bits per heavy atom. The van der Waals surface area contributed by atoms with Crippen molar-refractivity contribution in [2.24, 2.45) is 0 Å². The third kappa shape index (κ3) is 3.01. The summed E-state index contributed by atoms with van der Waals surface area (Å²) in [6.45, 7) is 1.11. The lowest BCUT2D eigenvalue weighted by Crippen LogP contribution is -2.30. The van der Waals surface area contributed by atoms with Gasteiger partial charge in [0.15, 0.2) is 0 Å². The molecule has 108 valence electrons. The van der Waals surface area contributed by atoms with Crippen LogP contribution < -0.4 is 4.74 Å². The molecular formula is C19H21NO. The lowest BCUT2D eigenvalue weighted by Gasteiger charge is -2.32. The first-order valence-electron chi connectivity index (χ1n) is 7.38. The van der Waals surface area contributed by atoms with Crippen LogP contribution in [0.25, 0.3) is 6.08 Å². The lowest BCUT2D eigenvalue weighted by atomic mass is 9.92. The Kier molecular flexibility index (Phi) is 4.07. The van der Waals surface area contributed by atoms with Crippen LogP contribution in [0.3, 0.4) is 0 Å². The molecule has 1 aliphatic rings. The second kappa shape index (κ2) is 6.15. The molecule has 0 aromatic heterocycles. The van der Waals surface area contributed by atoms with Gasteiger partial charge in [0.05, 0.1) is 13.2 Å². The molecular weight excluding hydrogens is 258 g/mol. The van der Waals surface area contributed by atoms with Crippen LogP contribution in [-0.4, -0.2) is 25.6 Å². The van der Waals surface area contributed by atoms with Crippen LogP contribution >= 0.6 is 0 Å². The highest BCUT2D eigenvalue weighted by Gasteiger charge is 2.21. The molecule has 0 amide bonds. The molecule has 1 unspecified atom stereocenters. The first-order chi connectivity index (χ1) is 10.3. The first kappa shape index (κ1) is 13.9. The number of fused-ring (bicyclic) bond motifs is 1. The van der Waals surface area contributed by atoms with Gasteiger partial charge in [0.2, 0.25) is 0 Å². The summed E-state index contributed by atoms with van der Waals surface area (Å²) in [5.74, 6) is 0.896. The van der Waals surface area contributed by atoms with Crippen LogP contribution in [0.15, 0.2) is 54.6 Å². The first-order valence-corrected chi connectivity index (χ1v) is 7.38. The molecule has 21 heavy (non-hydrogen) atoms. The largest absolute Gasteiger partial charge is 0.497 e. The topological polar surface area (TPSA) is 12.5 Å². The minimum Gasteiger partial charge on any atom is -0.497 e. The maximum atomic E-state index is 5.19. The van der Waals surface area contributed by atoms with Crippen molar-refractivity contribution in [1.82, 2.24) is 4.90 Å². The van der Waals surface area contributed by atoms with Gasteiger partial charge in [-0.3, -0.25) is 4.90 Å². The number of rotatable bonds is 3. The molecule has 1 aliphatic heterocycles. The normalized spacial score (nSPS) is 18.7. The molecule has 1 atom stereocenters. The maximum Gasteiger partial charge on any atom is 0.118 e. The van der Waals surface area contributed by atoms with Gasteiger partial charge < -0.3 is 4.74 Å². The van der Waals surface area contributed by atoms with Crippen molar-refractivity contribution in [1.29, 1.82) is 0 Å². The maximum absolute atomic E-state index is 5.19. The highest BCUT2D eigenvalue weighted by molar-refractivity contribution is 5.52. The molecule has 2 aromatic carbocycles. The van der Waals surface area contributed by atoms with E-state index in [0.717, 1.165) is 18.7 Å². The third-order valence-electron chi connectivity index (χ3n) is 4.17. The zero-order chi connectivity index (χ0) is 14.7. The van der Waals surface area contributed by atoms with Gasteiger partial charge in [-0.15, -0.1) is 0 Å². The van der Waals surface area contributed by atoms with Crippen LogP contribution in [-0.2, 0) is 6.42 Å². The highest BCUT2D eigenvalue weighted by Crippen LogP contribution is 2.30. The number of methoxy groups -OCH3 is 1. The van der Waals surface area contributed by atoms with E-state index in [2.05, 4.69) is 60.5 Å². The van der Waals surface area contributed by atoms with E-state index in [1.165, 1.54) is 16.7 Å². The van der Waals surface area contributed by atoms with Crippen LogP contribution in [0.4, 0.5) is 0 Å². The summed E-state index contributed by atoms with van der Waals surface area (Å²) in [4.78, 5) is 2.41. The van der Waals surface area contributed by atoms with Crippen molar-refractivity contribution >= 4 is 6.08 Å². The molecule has 3 rings (SSSR count). The van der Waals surface area contributed by atoms with E-state index >= 15 is 0 Å². The number of hydrogen-bond donors (Lipinski definition) is 0. The molecule has 2 heteroatoms. The van der Waals surface area contributed by atoms with E-state index in [9.17, 15) is 0 Å². The Balaban J connectivity index is 1.84. The molecule has 0 spiro atoms. The summed E-state index contributed by atoms with van der Waals surface area (Å²) in [7, 11) is 3.89. The van der Waals surface area contributed by atoms with Crippen molar-refractivity contribution in [3.63, 3.8) is 0 Å². The standard InChI is InChI=1S/C19H21NO/c1-20-14-13-16-5-3-4-6-18(16)19(20)12-9-15-7-10-17(21-2)11-8-15/h3-12,19H,13-14H2,1-2H3/b12-9+. The summed E-state index contributed by atoms with van der Waals surface area (Å²) in [5.41, 5.74) is 4.10. The van der Waals surface area contributed by atoms with Crippen molar-refractivity contribution in [3.8, 4) is 5.75 Å². The summed E-state index contributed by atoms with van der Waals surface area (Å²) in [6.07, 6.45) is 5.63. The van der Waals surface area contributed by atoms with Crippen LogP contribution in [0.1, 0.15) is 22.7 Å². The van der Waals surface area contributed by atoms with E-state index in [0.29, 0.717) is 6.04 Å². The number of hydrogen-bond acceptors (Lipinski definition) is 2. The molecule has 0 saturated carbocycles. The molecule has 2 nitrogen and oxygen atoms in total. The second-order valence-corrected chi connectivity index (χ2v) is 5.51. The molecule has 0 saturated heterocycles. The average Bonchev–Trinajstić information content (AvgIpc) is 2.54. The van der Waals surface area contributed by atoms with Gasteiger partial charge in [0, 0.05) is 6.54 Å². The predicted molar refractivity (Wildman–Crippen MR) is 87.5 cm³/mol. The lowest BCUT2D eigenvalue weighted by molar-refractivity contribution is 0.272. The molecule has 0 N–H and O–H groups in total. The predicted octanol–water partition coefficient (Wildman–Crippen LogP) is 3.94. The smallest absolute Gasteiger partial charge is 0.118 e. The Hall–Kier alpha value is -2.06. The van der Waals surface area contributed by atoms with Crippen LogP contribution in [0.2, 0.25) is 0 Å². The molecule has 0 radical (unpaired) electrons. The summed E-state index contributed by atoms with van der Waals surface area (Å²) < 4.78 is 5.19.